The molecule has 0 bridgehead atoms. The van der Waals surface area contributed by atoms with E-state index in [1.54, 1.807) is 36.4 Å². The van der Waals surface area contributed by atoms with Gasteiger partial charge in [0.1, 0.15) is 0 Å². The van der Waals surface area contributed by atoms with E-state index in [0.29, 0.717) is 17.1 Å². The van der Waals surface area contributed by atoms with Crippen LogP contribution in [0, 0.1) is 0 Å². The maximum absolute atomic E-state index is 11.8. The van der Waals surface area contributed by atoms with E-state index in [1.807, 2.05) is 18.2 Å². The summed E-state index contributed by atoms with van der Waals surface area (Å²) in [5.41, 5.74) is 1.97. The SMILES string of the molecule is C=CC(=O)Nc1ccc(NC(=O)Nc2ccccc2)cc1. The van der Waals surface area contributed by atoms with Crippen molar-refractivity contribution in [1.82, 2.24) is 0 Å². The van der Waals surface area contributed by atoms with Crippen molar-refractivity contribution < 1.29 is 9.59 Å². The van der Waals surface area contributed by atoms with Gasteiger partial charge in [-0.05, 0) is 42.5 Å². The maximum atomic E-state index is 11.8. The molecule has 0 saturated heterocycles. The van der Waals surface area contributed by atoms with Crippen LogP contribution in [0.3, 0.4) is 0 Å². The van der Waals surface area contributed by atoms with E-state index < -0.39 is 0 Å². The first-order valence-electron chi connectivity index (χ1n) is 6.34. The van der Waals surface area contributed by atoms with E-state index in [1.165, 1.54) is 6.08 Å². The Morgan fingerprint density at radius 1 is 0.762 bits per heavy atom. The van der Waals surface area contributed by atoms with Gasteiger partial charge in [0.25, 0.3) is 0 Å². The molecule has 2 rings (SSSR count). The number of rotatable bonds is 4. The lowest BCUT2D eigenvalue weighted by molar-refractivity contribution is -0.111. The molecule has 0 radical (unpaired) electrons. The Hall–Kier alpha value is -3.08. The molecule has 0 aromatic heterocycles. The van der Waals surface area contributed by atoms with E-state index in [9.17, 15) is 9.59 Å². The Bertz CT molecular complexity index is 636. The third-order valence-electron chi connectivity index (χ3n) is 2.63. The quantitative estimate of drug-likeness (QED) is 0.751. The summed E-state index contributed by atoms with van der Waals surface area (Å²) in [5, 5.41) is 8.04. The Balaban J connectivity index is 1.92. The molecule has 0 fully saturated rings. The highest BCUT2D eigenvalue weighted by Crippen LogP contribution is 2.14. The zero-order chi connectivity index (χ0) is 15.1. The summed E-state index contributed by atoms with van der Waals surface area (Å²) in [6.07, 6.45) is 1.19. The number of amides is 3. The number of benzene rings is 2. The zero-order valence-corrected chi connectivity index (χ0v) is 11.3. The van der Waals surface area contributed by atoms with E-state index in [0.717, 1.165) is 0 Å². The van der Waals surface area contributed by atoms with Crippen LogP contribution < -0.4 is 16.0 Å². The van der Waals surface area contributed by atoms with Crippen LogP contribution in [0.1, 0.15) is 0 Å². The van der Waals surface area contributed by atoms with Gasteiger partial charge in [0, 0.05) is 17.1 Å². The van der Waals surface area contributed by atoms with Crippen LogP contribution in [-0.2, 0) is 4.79 Å². The van der Waals surface area contributed by atoms with Gasteiger partial charge in [-0.3, -0.25) is 4.79 Å². The molecule has 0 unspecified atom stereocenters. The number of carbonyl (C=O) groups is 2. The molecule has 3 N–H and O–H groups in total. The molecule has 0 spiro atoms. The van der Waals surface area contributed by atoms with Crippen LogP contribution in [-0.4, -0.2) is 11.9 Å². The summed E-state index contributed by atoms with van der Waals surface area (Å²) in [4.78, 5) is 22.9. The largest absolute Gasteiger partial charge is 0.323 e. The Morgan fingerprint density at radius 2 is 1.24 bits per heavy atom. The normalized spacial score (nSPS) is 9.52. The van der Waals surface area contributed by atoms with Gasteiger partial charge in [-0.15, -0.1) is 0 Å². The number of urea groups is 1. The molecule has 0 aliphatic rings. The van der Waals surface area contributed by atoms with E-state index in [2.05, 4.69) is 22.5 Å². The van der Waals surface area contributed by atoms with Crippen molar-refractivity contribution in [1.29, 1.82) is 0 Å². The first kappa shape index (κ1) is 14.3. The van der Waals surface area contributed by atoms with Crippen molar-refractivity contribution in [3.8, 4) is 0 Å². The van der Waals surface area contributed by atoms with Crippen molar-refractivity contribution in [2.75, 3.05) is 16.0 Å². The molecule has 0 aliphatic carbocycles. The predicted molar refractivity (Wildman–Crippen MR) is 84.4 cm³/mol. The standard InChI is InChI=1S/C16H15N3O2/c1-2-15(20)17-13-8-10-14(11-9-13)19-16(21)18-12-6-4-3-5-7-12/h2-11H,1H2,(H,17,20)(H2,18,19,21). The van der Waals surface area contributed by atoms with Crippen LogP contribution in [0.4, 0.5) is 21.9 Å². The summed E-state index contributed by atoms with van der Waals surface area (Å²) in [6, 6.07) is 15.6. The smallest absolute Gasteiger partial charge is 0.323 e. The molecule has 5 nitrogen and oxygen atoms in total. The van der Waals surface area contributed by atoms with Gasteiger partial charge in [-0.1, -0.05) is 24.8 Å². The number of para-hydroxylation sites is 1. The second-order valence-corrected chi connectivity index (χ2v) is 4.22. The van der Waals surface area contributed by atoms with Gasteiger partial charge in [0.15, 0.2) is 0 Å². The van der Waals surface area contributed by atoms with Gasteiger partial charge >= 0.3 is 6.03 Å². The number of hydrogen-bond donors (Lipinski definition) is 3. The minimum absolute atomic E-state index is 0.280. The minimum atomic E-state index is -0.330. The second-order valence-electron chi connectivity index (χ2n) is 4.22. The van der Waals surface area contributed by atoms with Crippen molar-refractivity contribution in [2.45, 2.75) is 0 Å². The van der Waals surface area contributed by atoms with E-state index in [-0.39, 0.29) is 11.9 Å². The average molecular weight is 281 g/mol. The second kappa shape index (κ2) is 6.91. The van der Waals surface area contributed by atoms with Gasteiger partial charge < -0.3 is 16.0 Å². The molecule has 2 aromatic rings. The molecule has 106 valence electrons. The molecular formula is C16H15N3O2. The fourth-order valence-electron chi connectivity index (χ4n) is 1.65. The van der Waals surface area contributed by atoms with Gasteiger partial charge in [0.2, 0.25) is 5.91 Å². The topological polar surface area (TPSA) is 70.2 Å². The Kier molecular flexibility index (Phi) is 4.71. The fourth-order valence-corrected chi connectivity index (χ4v) is 1.65. The first-order chi connectivity index (χ1) is 10.2. The molecule has 2 aromatic carbocycles. The molecule has 0 atom stereocenters. The van der Waals surface area contributed by atoms with Gasteiger partial charge in [0.05, 0.1) is 0 Å². The third-order valence-corrected chi connectivity index (χ3v) is 2.63. The van der Waals surface area contributed by atoms with E-state index >= 15 is 0 Å². The Labute approximate surface area is 122 Å². The van der Waals surface area contributed by atoms with Crippen molar-refractivity contribution in [2.24, 2.45) is 0 Å². The van der Waals surface area contributed by atoms with Gasteiger partial charge in [-0.2, -0.15) is 0 Å². The Morgan fingerprint density at radius 3 is 1.76 bits per heavy atom. The molecule has 0 heterocycles. The predicted octanol–water partition coefficient (Wildman–Crippen LogP) is 3.46. The average Bonchev–Trinajstić information content (AvgIpc) is 2.50. The van der Waals surface area contributed by atoms with Crippen LogP contribution in [0.2, 0.25) is 0 Å². The monoisotopic (exact) mass is 281 g/mol. The first-order valence-corrected chi connectivity index (χ1v) is 6.34. The summed E-state index contributed by atoms with van der Waals surface area (Å²) >= 11 is 0. The highest BCUT2D eigenvalue weighted by Gasteiger charge is 2.03. The lowest BCUT2D eigenvalue weighted by atomic mass is 10.2. The van der Waals surface area contributed by atoms with Crippen LogP contribution in [0.15, 0.2) is 67.3 Å². The molecule has 3 amide bonds. The minimum Gasteiger partial charge on any atom is -0.323 e. The fraction of sp³-hybridized carbons (Fsp3) is 0. The van der Waals surface area contributed by atoms with Crippen LogP contribution >= 0.6 is 0 Å². The summed E-state index contributed by atoms with van der Waals surface area (Å²) in [6.45, 7) is 3.38. The van der Waals surface area contributed by atoms with E-state index in [4.69, 9.17) is 0 Å². The highest BCUT2D eigenvalue weighted by molar-refractivity contribution is 6.01. The van der Waals surface area contributed by atoms with Crippen LogP contribution in [0.25, 0.3) is 0 Å². The lowest BCUT2D eigenvalue weighted by Crippen LogP contribution is -2.19. The molecular weight excluding hydrogens is 266 g/mol. The molecule has 21 heavy (non-hydrogen) atoms. The number of nitrogens with one attached hydrogen (secondary N) is 3. The van der Waals surface area contributed by atoms with Crippen molar-refractivity contribution >= 4 is 29.0 Å². The number of carbonyl (C=O) groups excluding carboxylic acids is 2. The maximum Gasteiger partial charge on any atom is 0.323 e. The highest BCUT2D eigenvalue weighted by atomic mass is 16.2. The summed E-state index contributed by atoms with van der Waals surface area (Å²) in [7, 11) is 0. The number of anilines is 3. The number of hydrogen-bond acceptors (Lipinski definition) is 2. The summed E-state index contributed by atoms with van der Waals surface area (Å²) < 4.78 is 0. The molecule has 0 saturated carbocycles. The lowest BCUT2D eigenvalue weighted by Gasteiger charge is -2.08. The van der Waals surface area contributed by atoms with Crippen LogP contribution in [0.5, 0.6) is 0 Å². The summed E-state index contributed by atoms with van der Waals surface area (Å²) in [5.74, 6) is -0.280. The van der Waals surface area contributed by atoms with Crippen molar-refractivity contribution in [3.05, 3.63) is 67.3 Å². The van der Waals surface area contributed by atoms with Crippen molar-refractivity contribution in [3.63, 3.8) is 0 Å². The molecule has 0 aliphatic heterocycles. The van der Waals surface area contributed by atoms with Gasteiger partial charge in [-0.25, -0.2) is 4.79 Å². The molecule has 5 heteroatoms. The third kappa shape index (κ3) is 4.50. The zero-order valence-electron chi connectivity index (χ0n) is 11.3.